The number of urea groups is 1. The normalized spacial score (nSPS) is 22.4. The number of hydrogen-bond donors (Lipinski definition) is 1. The average Bonchev–Trinajstić information content (AvgIpc) is 2.76. The molecule has 0 bridgehead atoms. The van der Waals surface area contributed by atoms with Gasteiger partial charge in [0.2, 0.25) is 0 Å². The fourth-order valence-electron chi connectivity index (χ4n) is 2.33. The van der Waals surface area contributed by atoms with Gasteiger partial charge in [0.15, 0.2) is 5.78 Å². The lowest BCUT2D eigenvalue weighted by Gasteiger charge is -2.26. The lowest BCUT2D eigenvalue weighted by Crippen LogP contribution is -2.46. The number of ketones is 1. The van der Waals surface area contributed by atoms with E-state index < -0.39 is 5.54 Å². The summed E-state index contributed by atoms with van der Waals surface area (Å²) in [5.74, 6) is -0.0630. The smallest absolute Gasteiger partial charge is 0.318 e. The van der Waals surface area contributed by atoms with Gasteiger partial charge in [-0.2, -0.15) is 0 Å². The molecule has 1 aliphatic rings. The van der Waals surface area contributed by atoms with Crippen LogP contribution in [0.15, 0.2) is 30.3 Å². The number of benzene rings is 1. The molecule has 1 aromatic rings. The van der Waals surface area contributed by atoms with E-state index in [4.69, 9.17) is 4.74 Å². The van der Waals surface area contributed by atoms with Crippen molar-refractivity contribution in [3.8, 4) is 0 Å². The van der Waals surface area contributed by atoms with Crippen molar-refractivity contribution in [2.24, 2.45) is 0 Å². The number of Topliss-reactive ketones (excluding diaryl/α,β-unsaturated/α-hetero) is 1. The Morgan fingerprint density at radius 3 is 2.68 bits per heavy atom. The molecule has 19 heavy (non-hydrogen) atoms. The molecule has 102 valence electrons. The maximum absolute atomic E-state index is 12.1. The van der Waals surface area contributed by atoms with Crippen LogP contribution >= 0.6 is 0 Å². The molecule has 1 atom stereocenters. The standard InChI is InChI=1S/C14H18N2O3/c1-11(17)14(12-6-4-3-5-7-12)10-16(8-9-19-2)13(18)15-14/h3-7H,8-10H2,1-2H3,(H,15,18). The Bertz CT molecular complexity index is 475. The van der Waals surface area contributed by atoms with Crippen molar-refractivity contribution in [2.75, 3.05) is 26.8 Å². The highest BCUT2D eigenvalue weighted by atomic mass is 16.5. The number of nitrogens with zero attached hydrogens (tertiary/aromatic N) is 1. The van der Waals surface area contributed by atoms with Crippen molar-refractivity contribution in [3.63, 3.8) is 0 Å². The van der Waals surface area contributed by atoms with Crippen LogP contribution in [0.1, 0.15) is 12.5 Å². The van der Waals surface area contributed by atoms with E-state index in [0.717, 1.165) is 5.56 Å². The van der Waals surface area contributed by atoms with Gasteiger partial charge in [0.25, 0.3) is 0 Å². The summed E-state index contributed by atoms with van der Waals surface area (Å²) >= 11 is 0. The topological polar surface area (TPSA) is 58.6 Å². The van der Waals surface area contributed by atoms with Gasteiger partial charge in [-0.1, -0.05) is 30.3 Å². The van der Waals surface area contributed by atoms with E-state index >= 15 is 0 Å². The molecular formula is C14H18N2O3. The van der Waals surface area contributed by atoms with E-state index in [-0.39, 0.29) is 11.8 Å². The molecule has 2 amide bonds. The Hall–Kier alpha value is -1.88. The van der Waals surface area contributed by atoms with Crippen LogP contribution in [0.3, 0.4) is 0 Å². The van der Waals surface area contributed by atoms with Gasteiger partial charge < -0.3 is 15.0 Å². The number of nitrogens with one attached hydrogen (secondary N) is 1. The van der Waals surface area contributed by atoms with Gasteiger partial charge in [-0.25, -0.2) is 4.79 Å². The summed E-state index contributed by atoms with van der Waals surface area (Å²) in [6.07, 6.45) is 0. The highest BCUT2D eigenvalue weighted by Gasteiger charge is 2.47. The molecular weight excluding hydrogens is 244 g/mol. The minimum atomic E-state index is -0.938. The van der Waals surface area contributed by atoms with Crippen molar-refractivity contribution in [1.82, 2.24) is 10.2 Å². The van der Waals surface area contributed by atoms with Crippen LogP contribution in [-0.2, 0) is 15.1 Å². The molecule has 5 heteroatoms. The number of methoxy groups -OCH3 is 1. The molecule has 1 N–H and O–H groups in total. The molecule has 0 aliphatic carbocycles. The maximum Gasteiger partial charge on any atom is 0.318 e. The van der Waals surface area contributed by atoms with Crippen molar-refractivity contribution < 1.29 is 14.3 Å². The van der Waals surface area contributed by atoms with Gasteiger partial charge in [0, 0.05) is 13.7 Å². The number of carbonyl (C=O) groups is 2. The molecule has 0 saturated carbocycles. The van der Waals surface area contributed by atoms with Crippen molar-refractivity contribution >= 4 is 11.8 Å². The van der Waals surface area contributed by atoms with Gasteiger partial charge in [-0.05, 0) is 12.5 Å². The summed E-state index contributed by atoms with van der Waals surface area (Å²) in [6, 6.07) is 9.12. The van der Waals surface area contributed by atoms with E-state index in [0.29, 0.717) is 19.7 Å². The number of hydrogen-bond acceptors (Lipinski definition) is 3. The molecule has 2 rings (SSSR count). The second-order valence-corrected chi connectivity index (χ2v) is 4.67. The van der Waals surface area contributed by atoms with Gasteiger partial charge in [-0.15, -0.1) is 0 Å². The largest absolute Gasteiger partial charge is 0.383 e. The highest BCUT2D eigenvalue weighted by molar-refractivity contribution is 5.95. The molecule has 1 aromatic carbocycles. The molecule has 1 fully saturated rings. The fraction of sp³-hybridized carbons (Fsp3) is 0.429. The molecule has 1 unspecified atom stereocenters. The van der Waals surface area contributed by atoms with E-state index in [1.165, 1.54) is 6.92 Å². The van der Waals surface area contributed by atoms with Gasteiger partial charge >= 0.3 is 6.03 Å². The predicted molar refractivity (Wildman–Crippen MR) is 70.8 cm³/mol. The second-order valence-electron chi connectivity index (χ2n) is 4.67. The van der Waals surface area contributed by atoms with Crippen LogP contribution in [0.25, 0.3) is 0 Å². The first-order valence-electron chi connectivity index (χ1n) is 6.23. The van der Waals surface area contributed by atoms with Crippen molar-refractivity contribution in [1.29, 1.82) is 0 Å². The number of rotatable bonds is 5. The van der Waals surface area contributed by atoms with E-state index in [1.807, 2.05) is 30.3 Å². The summed E-state index contributed by atoms with van der Waals surface area (Å²) in [5, 5.41) is 2.82. The first-order valence-corrected chi connectivity index (χ1v) is 6.23. The molecule has 0 radical (unpaired) electrons. The minimum absolute atomic E-state index is 0.0630. The lowest BCUT2D eigenvalue weighted by atomic mass is 9.87. The van der Waals surface area contributed by atoms with Crippen molar-refractivity contribution in [3.05, 3.63) is 35.9 Å². The third-order valence-electron chi connectivity index (χ3n) is 3.47. The first-order chi connectivity index (χ1) is 9.10. The third-order valence-corrected chi connectivity index (χ3v) is 3.47. The van der Waals surface area contributed by atoms with E-state index in [9.17, 15) is 9.59 Å². The average molecular weight is 262 g/mol. The Balaban J connectivity index is 2.29. The summed E-state index contributed by atoms with van der Waals surface area (Å²) in [6.45, 7) is 2.78. The molecule has 1 heterocycles. The zero-order valence-corrected chi connectivity index (χ0v) is 11.2. The molecule has 1 aliphatic heterocycles. The molecule has 5 nitrogen and oxygen atoms in total. The molecule has 0 aromatic heterocycles. The predicted octanol–water partition coefficient (Wildman–Crippen LogP) is 1.14. The highest BCUT2D eigenvalue weighted by Crippen LogP contribution is 2.28. The van der Waals surface area contributed by atoms with Crippen LogP contribution in [-0.4, -0.2) is 43.5 Å². The summed E-state index contributed by atoms with van der Waals surface area (Å²) in [4.78, 5) is 25.7. The van der Waals surface area contributed by atoms with E-state index in [1.54, 1.807) is 12.0 Å². The van der Waals surface area contributed by atoms with Crippen LogP contribution < -0.4 is 5.32 Å². The minimum Gasteiger partial charge on any atom is -0.383 e. The Labute approximate surface area is 112 Å². The van der Waals surface area contributed by atoms with Crippen LogP contribution in [0.4, 0.5) is 4.79 Å². The number of amides is 2. The molecule has 1 saturated heterocycles. The monoisotopic (exact) mass is 262 g/mol. The number of carbonyl (C=O) groups excluding carboxylic acids is 2. The zero-order valence-electron chi connectivity index (χ0n) is 11.2. The van der Waals surface area contributed by atoms with Crippen LogP contribution in [0.2, 0.25) is 0 Å². The fourth-order valence-corrected chi connectivity index (χ4v) is 2.33. The summed E-state index contributed by atoms with van der Waals surface area (Å²) in [5.41, 5.74) is -0.123. The summed E-state index contributed by atoms with van der Waals surface area (Å²) < 4.78 is 4.98. The number of ether oxygens (including phenoxy) is 1. The van der Waals surface area contributed by atoms with Crippen LogP contribution in [0, 0.1) is 0 Å². The van der Waals surface area contributed by atoms with E-state index in [2.05, 4.69) is 5.32 Å². The van der Waals surface area contributed by atoms with Crippen LogP contribution in [0.5, 0.6) is 0 Å². The van der Waals surface area contributed by atoms with Gasteiger partial charge in [-0.3, -0.25) is 4.79 Å². The second kappa shape index (κ2) is 5.40. The summed E-state index contributed by atoms with van der Waals surface area (Å²) in [7, 11) is 1.59. The molecule has 0 spiro atoms. The van der Waals surface area contributed by atoms with Gasteiger partial charge in [0.05, 0.1) is 13.2 Å². The Morgan fingerprint density at radius 1 is 1.42 bits per heavy atom. The van der Waals surface area contributed by atoms with Gasteiger partial charge in [0.1, 0.15) is 5.54 Å². The lowest BCUT2D eigenvalue weighted by molar-refractivity contribution is -0.122. The first kappa shape index (κ1) is 13.5. The Morgan fingerprint density at radius 2 is 2.11 bits per heavy atom. The van der Waals surface area contributed by atoms with Crippen molar-refractivity contribution in [2.45, 2.75) is 12.5 Å². The maximum atomic E-state index is 12.1. The quantitative estimate of drug-likeness (QED) is 0.865. The third kappa shape index (κ3) is 2.46. The SMILES string of the molecule is COCCN1CC(C(C)=O)(c2ccccc2)NC1=O. The Kier molecular flexibility index (Phi) is 3.85. The zero-order chi connectivity index (χ0) is 13.9.